The maximum atomic E-state index is 10.2. The number of benzene rings is 2. The Labute approximate surface area is 101 Å². The molecule has 0 saturated heterocycles. The average molecular weight is 228 g/mol. The fourth-order valence-electron chi connectivity index (χ4n) is 1.84. The summed E-state index contributed by atoms with van der Waals surface area (Å²) in [5.41, 5.74) is 13.8. The van der Waals surface area contributed by atoms with E-state index in [2.05, 4.69) is 0 Å². The Morgan fingerprint density at radius 2 is 1.71 bits per heavy atom. The molecule has 3 heteroatoms. The number of rotatable bonds is 3. The van der Waals surface area contributed by atoms with Crippen molar-refractivity contribution in [2.24, 2.45) is 11.5 Å². The summed E-state index contributed by atoms with van der Waals surface area (Å²) in [5.74, 6) is 0.219. The second-order valence-corrected chi connectivity index (χ2v) is 3.95. The largest absolute Gasteiger partial charge is 0.507 e. The van der Waals surface area contributed by atoms with Gasteiger partial charge in [0, 0.05) is 23.7 Å². The van der Waals surface area contributed by atoms with Gasteiger partial charge < -0.3 is 16.6 Å². The van der Waals surface area contributed by atoms with Crippen molar-refractivity contribution < 1.29 is 5.11 Å². The van der Waals surface area contributed by atoms with Crippen LogP contribution < -0.4 is 11.5 Å². The Hall–Kier alpha value is -1.84. The predicted octanol–water partition coefficient (Wildman–Crippen LogP) is 2.02. The third-order valence-corrected chi connectivity index (χ3v) is 2.81. The summed E-state index contributed by atoms with van der Waals surface area (Å²) < 4.78 is 0. The lowest BCUT2D eigenvalue weighted by molar-refractivity contribution is 0.464. The van der Waals surface area contributed by atoms with E-state index in [0.29, 0.717) is 12.1 Å². The van der Waals surface area contributed by atoms with Crippen molar-refractivity contribution in [3.05, 3.63) is 54.1 Å². The van der Waals surface area contributed by atoms with E-state index < -0.39 is 0 Å². The predicted molar refractivity (Wildman–Crippen MR) is 69.5 cm³/mol. The second-order valence-electron chi connectivity index (χ2n) is 3.95. The zero-order chi connectivity index (χ0) is 12.3. The number of phenols is 1. The van der Waals surface area contributed by atoms with Crippen molar-refractivity contribution in [1.29, 1.82) is 0 Å². The molecule has 3 nitrogen and oxygen atoms in total. The Bertz CT molecular complexity index is 497. The van der Waals surface area contributed by atoms with Crippen molar-refractivity contribution in [1.82, 2.24) is 0 Å². The normalized spacial score (nSPS) is 12.4. The highest BCUT2D eigenvalue weighted by Gasteiger charge is 2.13. The molecule has 0 bridgehead atoms. The SMILES string of the molecule is NC[C@@H](N)c1cccc(-c2ccccc2)c1O. The van der Waals surface area contributed by atoms with Gasteiger partial charge in [-0.05, 0) is 5.56 Å². The zero-order valence-electron chi connectivity index (χ0n) is 9.51. The molecule has 0 aromatic heterocycles. The molecule has 0 amide bonds. The van der Waals surface area contributed by atoms with Crippen LogP contribution in [0.5, 0.6) is 5.75 Å². The minimum Gasteiger partial charge on any atom is -0.507 e. The molecule has 0 heterocycles. The minimum atomic E-state index is -0.335. The molecule has 0 aliphatic rings. The summed E-state index contributed by atoms with van der Waals surface area (Å²) in [4.78, 5) is 0. The zero-order valence-corrected chi connectivity index (χ0v) is 9.51. The minimum absolute atomic E-state index is 0.219. The molecule has 2 aromatic rings. The van der Waals surface area contributed by atoms with E-state index in [9.17, 15) is 5.11 Å². The number of hydrogen-bond donors (Lipinski definition) is 3. The van der Waals surface area contributed by atoms with Gasteiger partial charge in [0.15, 0.2) is 0 Å². The van der Waals surface area contributed by atoms with Crippen molar-refractivity contribution in [2.75, 3.05) is 6.54 Å². The standard InChI is InChI=1S/C14H16N2O/c15-9-13(16)12-8-4-7-11(14(12)17)10-5-2-1-3-6-10/h1-8,13,17H,9,15-16H2/t13-/m1/s1. The highest BCUT2D eigenvalue weighted by atomic mass is 16.3. The molecule has 88 valence electrons. The lowest BCUT2D eigenvalue weighted by atomic mass is 9.98. The first kappa shape index (κ1) is 11.6. The van der Waals surface area contributed by atoms with Gasteiger partial charge in [-0.1, -0.05) is 48.5 Å². The molecule has 2 aromatic carbocycles. The maximum absolute atomic E-state index is 10.2. The topological polar surface area (TPSA) is 72.3 Å². The van der Waals surface area contributed by atoms with Gasteiger partial charge in [0.05, 0.1) is 0 Å². The van der Waals surface area contributed by atoms with Gasteiger partial charge in [0.1, 0.15) is 5.75 Å². The summed E-state index contributed by atoms with van der Waals surface area (Å²) in [6.45, 7) is 0.311. The Morgan fingerprint density at radius 1 is 1.00 bits per heavy atom. The summed E-state index contributed by atoms with van der Waals surface area (Å²) in [6, 6.07) is 14.9. The van der Waals surface area contributed by atoms with Gasteiger partial charge in [0.2, 0.25) is 0 Å². The number of hydrogen-bond acceptors (Lipinski definition) is 3. The first-order valence-electron chi connectivity index (χ1n) is 5.57. The van der Waals surface area contributed by atoms with Gasteiger partial charge in [-0.3, -0.25) is 0 Å². The van der Waals surface area contributed by atoms with E-state index >= 15 is 0 Å². The summed E-state index contributed by atoms with van der Waals surface area (Å²) in [6.07, 6.45) is 0. The molecule has 1 atom stereocenters. The van der Waals surface area contributed by atoms with Gasteiger partial charge in [-0.25, -0.2) is 0 Å². The molecule has 2 rings (SSSR count). The molecule has 0 saturated carbocycles. The van der Waals surface area contributed by atoms with Crippen LogP contribution in [0.25, 0.3) is 11.1 Å². The van der Waals surface area contributed by atoms with Gasteiger partial charge in [0.25, 0.3) is 0 Å². The quantitative estimate of drug-likeness (QED) is 0.752. The van der Waals surface area contributed by atoms with Crippen LogP contribution in [0.1, 0.15) is 11.6 Å². The maximum Gasteiger partial charge on any atom is 0.128 e. The average Bonchev–Trinajstić information content (AvgIpc) is 2.39. The van der Waals surface area contributed by atoms with Crippen LogP contribution >= 0.6 is 0 Å². The third kappa shape index (κ3) is 2.30. The highest BCUT2D eigenvalue weighted by Crippen LogP contribution is 2.34. The molecule has 5 N–H and O–H groups in total. The van der Waals surface area contributed by atoms with Crippen LogP contribution in [0, 0.1) is 0 Å². The fourth-order valence-corrected chi connectivity index (χ4v) is 1.84. The second kappa shape index (κ2) is 4.99. The van der Waals surface area contributed by atoms with Crippen LogP contribution in [0.2, 0.25) is 0 Å². The van der Waals surface area contributed by atoms with Gasteiger partial charge in [-0.2, -0.15) is 0 Å². The van der Waals surface area contributed by atoms with E-state index in [1.54, 1.807) is 6.07 Å². The van der Waals surface area contributed by atoms with Gasteiger partial charge >= 0.3 is 0 Å². The van der Waals surface area contributed by atoms with Crippen LogP contribution in [-0.4, -0.2) is 11.7 Å². The monoisotopic (exact) mass is 228 g/mol. The molecular weight excluding hydrogens is 212 g/mol. The smallest absolute Gasteiger partial charge is 0.128 e. The number of para-hydroxylation sites is 1. The van der Waals surface area contributed by atoms with Crippen molar-refractivity contribution in [3.63, 3.8) is 0 Å². The molecule has 0 spiro atoms. The van der Waals surface area contributed by atoms with Crippen LogP contribution in [0.3, 0.4) is 0 Å². The number of nitrogens with two attached hydrogens (primary N) is 2. The van der Waals surface area contributed by atoms with E-state index in [1.807, 2.05) is 42.5 Å². The molecular formula is C14H16N2O. The van der Waals surface area contributed by atoms with Crippen molar-refractivity contribution in [3.8, 4) is 16.9 Å². The molecule has 17 heavy (non-hydrogen) atoms. The van der Waals surface area contributed by atoms with Crippen LogP contribution in [0.15, 0.2) is 48.5 Å². The van der Waals surface area contributed by atoms with E-state index in [1.165, 1.54) is 0 Å². The lowest BCUT2D eigenvalue weighted by Crippen LogP contribution is -2.20. The molecule has 0 aliphatic heterocycles. The van der Waals surface area contributed by atoms with Crippen LogP contribution in [0.4, 0.5) is 0 Å². The summed E-state index contributed by atoms with van der Waals surface area (Å²) in [7, 11) is 0. The van der Waals surface area contributed by atoms with Crippen molar-refractivity contribution in [2.45, 2.75) is 6.04 Å². The van der Waals surface area contributed by atoms with Crippen LogP contribution in [-0.2, 0) is 0 Å². The first-order valence-corrected chi connectivity index (χ1v) is 5.57. The van der Waals surface area contributed by atoms with E-state index in [4.69, 9.17) is 11.5 Å². The summed E-state index contributed by atoms with van der Waals surface area (Å²) in [5, 5.41) is 10.2. The number of aromatic hydroxyl groups is 1. The fraction of sp³-hybridized carbons (Fsp3) is 0.143. The first-order chi connectivity index (χ1) is 8.24. The molecule has 0 aliphatic carbocycles. The number of phenolic OH excluding ortho intramolecular Hbond substituents is 1. The van der Waals surface area contributed by atoms with Crippen molar-refractivity contribution >= 4 is 0 Å². The highest BCUT2D eigenvalue weighted by molar-refractivity contribution is 5.71. The Balaban J connectivity index is 2.50. The third-order valence-electron chi connectivity index (χ3n) is 2.81. The Kier molecular flexibility index (Phi) is 3.42. The summed E-state index contributed by atoms with van der Waals surface area (Å²) >= 11 is 0. The van der Waals surface area contributed by atoms with E-state index in [-0.39, 0.29) is 11.8 Å². The Morgan fingerprint density at radius 3 is 2.35 bits per heavy atom. The molecule has 0 radical (unpaired) electrons. The molecule has 0 unspecified atom stereocenters. The lowest BCUT2D eigenvalue weighted by Gasteiger charge is -2.14. The molecule has 0 fully saturated rings. The van der Waals surface area contributed by atoms with E-state index in [0.717, 1.165) is 11.1 Å². The van der Waals surface area contributed by atoms with Gasteiger partial charge in [-0.15, -0.1) is 0 Å².